The zero-order valence-electron chi connectivity index (χ0n) is 76.8. The van der Waals surface area contributed by atoms with E-state index in [1.54, 1.807) is 55.9 Å². The van der Waals surface area contributed by atoms with E-state index in [2.05, 4.69) is 260 Å². The molecule has 0 aliphatic carbocycles. The fraction of sp³-hybridized carbons (Fsp3) is 0.526. The van der Waals surface area contributed by atoms with Crippen molar-refractivity contribution in [3.05, 3.63) is 259 Å². The fourth-order valence-electron chi connectivity index (χ4n) is 7.50. The van der Waals surface area contributed by atoms with Gasteiger partial charge in [-0.2, -0.15) is 10.2 Å². The van der Waals surface area contributed by atoms with E-state index in [0.29, 0.717) is 29.6 Å². The van der Waals surface area contributed by atoms with E-state index < -0.39 is 0 Å². The van der Waals surface area contributed by atoms with Crippen molar-refractivity contribution in [3.8, 4) is 0 Å². The molecule has 606 valence electrons. The van der Waals surface area contributed by atoms with Crippen LogP contribution in [0.4, 0.5) is 0 Å². The second kappa shape index (κ2) is 74.0. The molecule has 0 amide bonds. The SMILES string of the molecule is CC.CC.CC.CC.CC.CC.CC.CC.CC.CC(C)(C)c1ccccn1.CC(C)(C)c1ccncn1.CC(C)(C)c1cnccn1.CC(C)(C)c1ncccn1.CC(C)c1ccccc1.CC(C)c1cccnc1.CC(C)c1cccnn1.CC(C)c1ccncc1.Cc1nc(C(C)C)c2ccccc2n1. The molecule has 0 radical (unpaired) electrons. The maximum absolute atomic E-state index is 4.49. The molecule has 0 saturated heterocycles. The normalized spacial score (nSPS) is 9.57. The molecule has 8 aromatic heterocycles. The Labute approximate surface area is 666 Å². The van der Waals surface area contributed by atoms with Crippen LogP contribution in [0.2, 0.25) is 0 Å². The Morgan fingerprint density at radius 1 is 0.278 bits per heavy atom. The second-order valence-corrected chi connectivity index (χ2v) is 27.0. The first-order valence-electron chi connectivity index (χ1n) is 40.4. The summed E-state index contributed by atoms with van der Waals surface area (Å²) < 4.78 is 0. The molecule has 0 bridgehead atoms. The minimum atomic E-state index is 0.0707. The van der Waals surface area contributed by atoms with Crippen molar-refractivity contribution in [1.29, 1.82) is 0 Å². The number of rotatable bonds is 5. The summed E-state index contributed by atoms with van der Waals surface area (Å²) in [4.78, 5) is 45.5. The third kappa shape index (κ3) is 60.5. The lowest BCUT2D eigenvalue weighted by molar-refractivity contribution is 0.545. The lowest BCUT2D eigenvalue weighted by atomic mass is 9.92. The molecule has 108 heavy (non-hydrogen) atoms. The van der Waals surface area contributed by atoms with Gasteiger partial charge < -0.3 is 0 Å². The minimum absolute atomic E-state index is 0.0707. The Balaban J connectivity index is -0.000000169. The van der Waals surface area contributed by atoms with Crippen molar-refractivity contribution < 1.29 is 0 Å². The van der Waals surface area contributed by atoms with Gasteiger partial charge in [0.15, 0.2) is 0 Å². The van der Waals surface area contributed by atoms with Gasteiger partial charge in [-0.25, -0.2) is 29.9 Å². The van der Waals surface area contributed by atoms with Gasteiger partial charge in [-0.05, 0) is 114 Å². The number of aromatic nitrogens is 13. The Morgan fingerprint density at radius 2 is 0.704 bits per heavy atom. The molecule has 13 heteroatoms. The number of benzene rings is 2. The highest BCUT2D eigenvalue weighted by Gasteiger charge is 2.17. The minimum Gasteiger partial charge on any atom is -0.265 e. The van der Waals surface area contributed by atoms with E-state index in [4.69, 9.17) is 0 Å². The first kappa shape index (κ1) is 115. The Morgan fingerprint density at radius 3 is 1.02 bits per heavy atom. The quantitative estimate of drug-likeness (QED) is 0.160. The van der Waals surface area contributed by atoms with Gasteiger partial charge in [0.05, 0.1) is 22.6 Å². The third-order valence-corrected chi connectivity index (χ3v) is 13.0. The second-order valence-electron chi connectivity index (χ2n) is 27.0. The summed E-state index contributed by atoms with van der Waals surface area (Å²) in [5.41, 5.74) is 11.1. The molecule has 0 atom stereocenters. The lowest BCUT2D eigenvalue weighted by Gasteiger charge is -2.16. The van der Waals surface area contributed by atoms with Crippen LogP contribution < -0.4 is 0 Å². The van der Waals surface area contributed by atoms with Crippen molar-refractivity contribution in [2.75, 3.05) is 0 Å². The van der Waals surface area contributed by atoms with Crippen molar-refractivity contribution in [1.82, 2.24) is 65.0 Å². The maximum Gasteiger partial charge on any atom is 0.133 e. The average Bonchev–Trinajstić information content (AvgIpc) is 0.810. The van der Waals surface area contributed by atoms with Gasteiger partial charge in [-0.1, -0.05) is 338 Å². The van der Waals surface area contributed by atoms with Crippen LogP contribution in [0.5, 0.6) is 0 Å². The number of hydrogen-bond donors (Lipinski definition) is 0. The van der Waals surface area contributed by atoms with E-state index in [9.17, 15) is 0 Å². The molecule has 0 aliphatic rings. The summed E-state index contributed by atoms with van der Waals surface area (Å²) in [5, 5.41) is 8.86. The van der Waals surface area contributed by atoms with Gasteiger partial charge in [0.25, 0.3) is 0 Å². The summed E-state index contributed by atoms with van der Waals surface area (Å²) in [5.74, 6) is 4.56. The predicted octanol–water partition coefficient (Wildman–Crippen LogP) is 28.8. The number of fused-ring (bicyclic) bond motifs is 1. The highest BCUT2D eigenvalue weighted by atomic mass is 15.1. The number of para-hydroxylation sites is 1. The summed E-state index contributed by atoms with van der Waals surface area (Å²) in [6, 6.07) is 40.5. The van der Waals surface area contributed by atoms with E-state index in [1.807, 2.05) is 235 Å². The molecule has 13 nitrogen and oxygen atoms in total. The van der Waals surface area contributed by atoms with Crippen LogP contribution >= 0.6 is 0 Å². The smallest absolute Gasteiger partial charge is 0.133 e. The zero-order valence-corrected chi connectivity index (χ0v) is 76.8. The highest BCUT2D eigenvalue weighted by molar-refractivity contribution is 5.81. The van der Waals surface area contributed by atoms with E-state index >= 15 is 0 Å². The Hall–Kier alpha value is -8.45. The molecule has 0 N–H and O–H groups in total. The highest BCUT2D eigenvalue weighted by Crippen LogP contribution is 2.24. The molecule has 10 aromatic rings. The molecule has 8 heterocycles. The van der Waals surface area contributed by atoms with Crippen LogP contribution in [-0.4, -0.2) is 65.0 Å². The average molecular weight is 1490 g/mol. The predicted molar refractivity (Wildman–Crippen MR) is 479 cm³/mol. The largest absolute Gasteiger partial charge is 0.265 e. The molecule has 2 aromatic carbocycles. The van der Waals surface area contributed by atoms with Gasteiger partial charge in [0, 0.05) is 113 Å². The van der Waals surface area contributed by atoms with E-state index in [0.717, 1.165) is 45.6 Å². The Kier molecular flexibility index (Phi) is 79.1. The van der Waals surface area contributed by atoms with Crippen LogP contribution in [0, 0.1) is 6.92 Å². The maximum atomic E-state index is 4.49. The number of pyridine rings is 3. The van der Waals surface area contributed by atoms with Crippen molar-refractivity contribution in [2.24, 2.45) is 0 Å². The first-order chi connectivity index (χ1) is 51.3. The molecule has 0 aliphatic heterocycles. The van der Waals surface area contributed by atoms with E-state index in [1.165, 1.54) is 22.1 Å². The lowest BCUT2D eigenvalue weighted by Crippen LogP contribution is -2.14. The molecule has 0 spiro atoms. The summed E-state index contributed by atoms with van der Waals surface area (Å²) >= 11 is 0. The van der Waals surface area contributed by atoms with Crippen molar-refractivity contribution >= 4 is 10.9 Å². The van der Waals surface area contributed by atoms with Crippen LogP contribution in [0.15, 0.2) is 202 Å². The summed E-state index contributed by atoms with van der Waals surface area (Å²) in [7, 11) is 0. The molecule has 10 rings (SSSR count). The summed E-state index contributed by atoms with van der Waals surface area (Å²) in [6.07, 6.45) is 23.0. The van der Waals surface area contributed by atoms with Crippen molar-refractivity contribution in [3.63, 3.8) is 0 Å². The van der Waals surface area contributed by atoms with Crippen LogP contribution in [-0.2, 0) is 21.7 Å². The standard InChI is InChI=1S/C12H14N2.C9H13N.C9H12.3C8H12N2.2C8H11N.C7H10N2.9C2H6/c1-8(2)12-10-6-4-5-7-11(10)13-9(3)14-12;1-9(2,3)8-6-4-5-7-10-8;1-8(2)9-6-4-3-5-7-9;1-8(2,3)7-6-9-4-5-10-7;1-8(2,3)7-4-5-9-6-10-7;1-8(2,3)7-9-5-4-6-10-7;1-7(2)8-3-5-9-6-4-8;1-7(2)8-4-3-5-9-6-8;1-6(2)7-4-3-5-8-9-7;9*1-2/h4-8H,1-3H3;4-7H,1-3H3;3-8H,1-2H3;3*4-6H,1-3H3;2*3-7H,1-2H3;3-6H,1-2H3;9*1-2H3. The van der Waals surface area contributed by atoms with Gasteiger partial charge in [0.2, 0.25) is 0 Å². The number of aryl methyl sites for hydroxylation is 1. The van der Waals surface area contributed by atoms with Crippen molar-refractivity contribution in [2.45, 2.75) is 335 Å². The van der Waals surface area contributed by atoms with Crippen LogP contribution in [0.3, 0.4) is 0 Å². The Bertz CT molecular complexity index is 2990. The summed E-state index contributed by atoms with van der Waals surface area (Å²) in [6.45, 7) is 85.1. The first-order valence-corrected chi connectivity index (χ1v) is 40.4. The van der Waals surface area contributed by atoms with Gasteiger partial charge >= 0.3 is 0 Å². The van der Waals surface area contributed by atoms with Crippen LogP contribution in [0.25, 0.3) is 10.9 Å². The number of nitrogens with zero attached hydrogens (tertiary/aromatic N) is 13. The topological polar surface area (TPSA) is 168 Å². The van der Waals surface area contributed by atoms with Gasteiger partial charge in [-0.15, -0.1) is 0 Å². The number of hydrogen-bond acceptors (Lipinski definition) is 13. The monoisotopic (exact) mass is 1480 g/mol. The van der Waals surface area contributed by atoms with Crippen LogP contribution in [0.1, 0.15) is 363 Å². The van der Waals surface area contributed by atoms with Gasteiger partial charge in [-0.3, -0.25) is 24.9 Å². The van der Waals surface area contributed by atoms with E-state index in [-0.39, 0.29) is 21.7 Å². The molecular formula is C95H161N13. The molecule has 0 unspecified atom stereocenters. The molecule has 0 fully saturated rings. The molecular weight excluding hydrogens is 1320 g/mol. The third-order valence-electron chi connectivity index (χ3n) is 13.0. The van der Waals surface area contributed by atoms with Gasteiger partial charge in [0.1, 0.15) is 18.0 Å². The zero-order chi connectivity index (χ0) is 85.3. The molecule has 0 saturated carbocycles. The fourth-order valence-corrected chi connectivity index (χ4v) is 7.50.